The minimum atomic E-state index is -4.03. The third kappa shape index (κ3) is 5.08. The third-order valence-electron chi connectivity index (χ3n) is 8.55. The number of nitrogens with zero attached hydrogens (tertiary/aromatic N) is 4. The minimum Gasteiger partial charge on any atom is -0.284 e. The highest BCUT2D eigenvalue weighted by Crippen LogP contribution is 2.46. The fraction of sp³-hybridized carbons (Fsp3) is 0.0811. The predicted octanol–water partition coefficient (Wildman–Crippen LogP) is 8.29. The van der Waals surface area contributed by atoms with Crippen LogP contribution in [0.15, 0.2) is 153 Å². The highest BCUT2D eigenvalue weighted by Gasteiger charge is 2.44. The second kappa shape index (κ2) is 11.6. The second-order valence-corrected chi connectivity index (χ2v) is 14.2. The largest absolute Gasteiger partial charge is 0.285 e. The van der Waals surface area contributed by atoms with E-state index in [1.807, 2.05) is 118 Å². The number of hydrazone groups is 1. The van der Waals surface area contributed by atoms with Crippen LogP contribution in [0.1, 0.15) is 22.7 Å². The van der Waals surface area contributed by atoms with Crippen molar-refractivity contribution < 1.29 is 8.42 Å². The first-order valence-electron chi connectivity index (χ1n) is 14.9. The fourth-order valence-corrected chi connectivity index (χ4v) is 8.64. The van der Waals surface area contributed by atoms with Crippen LogP contribution in [0.25, 0.3) is 16.9 Å². The standard InChI is InChI=1S/C37H27ClN4O2S2/c38-28-17-15-26(16-18-28)36-33-23-27-11-7-8-14-32(27)35(33)39-42(36)30-19-21-31(22-20-30)46(43,44)40-37-41(29-12-5-2-6-13-29)34(24-45-37)25-9-3-1-4-10-25/h1-22,24,33,36H,23H2/b40-37-. The van der Waals surface area contributed by atoms with Crippen LogP contribution in [-0.2, 0) is 16.4 Å². The van der Waals surface area contributed by atoms with Crippen LogP contribution in [0, 0.1) is 5.92 Å². The maximum absolute atomic E-state index is 13.8. The molecule has 1 aromatic heterocycles. The molecule has 5 aromatic carbocycles. The minimum absolute atomic E-state index is 0.0563. The SMILES string of the molecule is O=S(=O)(/N=c1\scc(-c2ccccc2)n1-c1ccccc1)c1ccc(N2N=C3c4ccccc4CC3C2c2ccc(Cl)cc2)cc1. The summed E-state index contributed by atoms with van der Waals surface area (Å²) in [6, 6.07) is 42.7. The molecule has 2 aliphatic rings. The van der Waals surface area contributed by atoms with Crippen LogP contribution in [-0.4, -0.2) is 18.7 Å². The zero-order valence-corrected chi connectivity index (χ0v) is 26.8. The lowest BCUT2D eigenvalue weighted by Crippen LogP contribution is -2.25. The quantitative estimate of drug-likeness (QED) is 0.181. The van der Waals surface area contributed by atoms with Gasteiger partial charge < -0.3 is 0 Å². The number of hydrogen-bond acceptors (Lipinski definition) is 5. The zero-order chi connectivity index (χ0) is 31.3. The lowest BCUT2D eigenvalue weighted by Gasteiger charge is -2.28. The summed E-state index contributed by atoms with van der Waals surface area (Å²) in [4.78, 5) is 0.486. The van der Waals surface area contributed by atoms with Crippen LogP contribution >= 0.6 is 22.9 Å². The van der Waals surface area contributed by atoms with Crippen molar-refractivity contribution in [1.29, 1.82) is 0 Å². The molecule has 0 radical (unpaired) electrons. The fourth-order valence-electron chi connectivity index (χ4n) is 6.41. The molecule has 2 heterocycles. The Hall–Kier alpha value is -4.76. The van der Waals surface area contributed by atoms with Gasteiger partial charge in [-0.05, 0) is 71.6 Å². The van der Waals surface area contributed by atoms with Gasteiger partial charge in [-0.15, -0.1) is 15.7 Å². The summed E-state index contributed by atoms with van der Waals surface area (Å²) in [5.74, 6) is 0.169. The number of para-hydroxylation sites is 1. The van der Waals surface area contributed by atoms with Crippen molar-refractivity contribution in [3.05, 3.63) is 165 Å². The van der Waals surface area contributed by atoms with Gasteiger partial charge in [0.2, 0.25) is 4.80 Å². The highest BCUT2D eigenvalue weighted by molar-refractivity contribution is 7.90. The maximum atomic E-state index is 13.8. The van der Waals surface area contributed by atoms with E-state index < -0.39 is 10.0 Å². The Morgan fingerprint density at radius 2 is 1.43 bits per heavy atom. The lowest BCUT2D eigenvalue weighted by molar-refractivity contribution is 0.556. The van der Waals surface area contributed by atoms with Gasteiger partial charge in [-0.3, -0.25) is 9.58 Å². The van der Waals surface area contributed by atoms with E-state index in [2.05, 4.69) is 22.6 Å². The van der Waals surface area contributed by atoms with Gasteiger partial charge >= 0.3 is 0 Å². The number of anilines is 1. The molecular formula is C37H27ClN4O2S2. The monoisotopic (exact) mass is 658 g/mol. The summed E-state index contributed by atoms with van der Waals surface area (Å²) >= 11 is 7.54. The van der Waals surface area contributed by atoms with Crippen molar-refractivity contribution in [2.24, 2.45) is 15.4 Å². The molecule has 1 aliphatic carbocycles. The first-order valence-corrected chi connectivity index (χ1v) is 17.6. The van der Waals surface area contributed by atoms with E-state index in [0.29, 0.717) is 9.82 Å². The Morgan fingerprint density at radius 3 is 2.17 bits per heavy atom. The number of benzene rings is 5. The van der Waals surface area contributed by atoms with Crippen molar-refractivity contribution in [1.82, 2.24) is 4.57 Å². The maximum Gasteiger partial charge on any atom is 0.285 e. The van der Waals surface area contributed by atoms with E-state index in [1.54, 1.807) is 12.1 Å². The molecular weight excluding hydrogens is 632 g/mol. The van der Waals surface area contributed by atoms with E-state index >= 15 is 0 Å². The van der Waals surface area contributed by atoms with E-state index in [4.69, 9.17) is 16.7 Å². The molecule has 226 valence electrons. The molecule has 0 saturated heterocycles. The molecule has 6 nitrogen and oxygen atoms in total. The first-order chi connectivity index (χ1) is 22.5. The van der Waals surface area contributed by atoms with Gasteiger partial charge in [0.15, 0.2) is 0 Å². The number of aromatic nitrogens is 1. The molecule has 2 atom stereocenters. The number of sulfonamides is 1. The summed E-state index contributed by atoms with van der Waals surface area (Å²) in [6.45, 7) is 0. The number of hydrogen-bond donors (Lipinski definition) is 0. The summed E-state index contributed by atoms with van der Waals surface area (Å²) in [7, 11) is -4.03. The molecule has 0 spiro atoms. The summed E-state index contributed by atoms with van der Waals surface area (Å²) in [5.41, 5.74) is 8.11. The highest BCUT2D eigenvalue weighted by atomic mass is 35.5. The molecule has 46 heavy (non-hydrogen) atoms. The van der Waals surface area contributed by atoms with Crippen LogP contribution in [0.2, 0.25) is 5.02 Å². The topological polar surface area (TPSA) is 67.0 Å². The van der Waals surface area contributed by atoms with Crippen molar-refractivity contribution in [3.63, 3.8) is 0 Å². The van der Waals surface area contributed by atoms with Gasteiger partial charge in [0.05, 0.1) is 28.0 Å². The molecule has 6 aromatic rings. The van der Waals surface area contributed by atoms with Crippen molar-refractivity contribution in [2.45, 2.75) is 17.4 Å². The van der Waals surface area contributed by atoms with Gasteiger partial charge in [0, 0.05) is 27.6 Å². The second-order valence-electron chi connectivity index (χ2n) is 11.3. The summed E-state index contributed by atoms with van der Waals surface area (Å²) in [5, 5.41) is 9.76. The van der Waals surface area contributed by atoms with E-state index in [-0.39, 0.29) is 16.9 Å². The van der Waals surface area contributed by atoms with E-state index in [0.717, 1.165) is 40.3 Å². The van der Waals surface area contributed by atoms with Crippen LogP contribution in [0.4, 0.5) is 5.69 Å². The van der Waals surface area contributed by atoms with Crippen molar-refractivity contribution >= 4 is 44.4 Å². The average molecular weight is 659 g/mol. The number of fused-ring (bicyclic) bond motifs is 3. The van der Waals surface area contributed by atoms with Gasteiger partial charge in [-0.1, -0.05) is 96.5 Å². The molecule has 0 bridgehead atoms. The Kier molecular flexibility index (Phi) is 7.21. The third-order valence-corrected chi connectivity index (χ3v) is 11.0. The molecule has 9 heteroatoms. The normalized spacial score (nSPS) is 17.5. The summed E-state index contributed by atoms with van der Waals surface area (Å²) in [6.07, 6.45) is 0.886. The Morgan fingerprint density at radius 1 is 0.761 bits per heavy atom. The first kappa shape index (κ1) is 28.7. The number of halogens is 1. The summed E-state index contributed by atoms with van der Waals surface area (Å²) < 4.78 is 33.7. The molecule has 8 rings (SSSR count). The van der Waals surface area contributed by atoms with E-state index in [9.17, 15) is 8.42 Å². The molecule has 0 N–H and O–H groups in total. The van der Waals surface area contributed by atoms with Gasteiger partial charge in [-0.25, -0.2) is 0 Å². The lowest BCUT2D eigenvalue weighted by atomic mass is 9.90. The Labute approximate surface area is 276 Å². The number of rotatable bonds is 6. The van der Waals surface area contributed by atoms with Gasteiger partial charge in [0.25, 0.3) is 10.0 Å². The van der Waals surface area contributed by atoms with Crippen LogP contribution in [0.3, 0.4) is 0 Å². The molecule has 0 amide bonds. The van der Waals surface area contributed by atoms with Gasteiger partial charge in [0.1, 0.15) is 0 Å². The Bertz CT molecular complexity index is 2260. The zero-order valence-electron chi connectivity index (χ0n) is 24.4. The van der Waals surface area contributed by atoms with Gasteiger partial charge in [-0.2, -0.15) is 13.5 Å². The smallest absolute Gasteiger partial charge is 0.284 e. The predicted molar refractivity (Wildman–Crippen MR) is 185 cm³/mol. The molecule has 1 aliphatic heterocycles. The van der Waals surface area contributed by atoms with Crippen LogP contribution < -0.4 is 9.81 Å². The van der Waals surface area contributed by atoms with Crippen molar-refractivity contribution in [2.75, 3.05) is 5.01 Å². The number of thiazole rings is 1. The molecule has 2 unspecified atom stereocenters. The molecule has 0 saturated carbocycles. The Balaban J connectivity index is 1.17. The molecule has 0 fully saturated rings. The van der Waals surface area contributed by atoms with Crippen LogP contribution in [0.5, 0.6) is 0 Å². The van der Waals surface area contributed by atoms with Crippen molar-refractivity contribution in [3.8, 4) is 16.9 Å². The van der Waals surface area contributed by atoms with E-state index in [1.165, 1.54) is 22.5 Å². The average Bonchev–Trinajstić information content (AvgIpc) is 3.78.